The molecule has 1 fully saturated rings. The molecule has 1 saturated heterocycles. The number of ketones is 1. The topological polar surface area (TPSA) is 88.5 Å². The van der Waals surface area contributed by atoms with E-state index in [1.54, 1.807) is 18.2 Å². The number of carbonyl (C=O) groups is 2. The summed E-state index contributed by atoms with van der Waals surface area (Å²) in [5.74, 6) is -0.473. The molecule has 0 radical (unpaired) electrons. The number of hydrogen-bond acceptors (Lipinski definition) is 7. The molecule has 0 saturated carbocycles. The molecule has 1 heterocycles. The summed E-state index contributed by atoms with van der Waals surface area (Å²) in [4.78, 5) is 29.8. The normalized spacial score (nSPS) is 17.4. The van der Waals surface area contributed by atoms with E-state index in [2.05, 4.69) is 0 Å². The Kier molecular flexibility index (Phi) is 8.17. The third kappa shape index (κ3) is 5.02. The highest BCUT2D eigenvalue weighted by atomic mass is 16.5. The SMILES string of the molecule is CCCOc1cccc(C2/C(=C(\O)c3c(OC)cccc3OC)C(=O)C(=O)N2CCN(C)C)c1. The summed E-state index contributed by atoms with van der Waals surface area (Å²) in [7, 11) is 6.72. The molecular formula is C26H32N2O6. The lowest BCUT2D eigenvalue weighted by Gasteiger charge is -2.27. The molecule has 0 aliphatic carbocycles. The summed E-state index contributed by atoms with van der Waals surface area (Å²) in [6.07, 6.45) is 0.846. The van der Waals surface area contributed by atoms with Gasteiger partial charge in [0.2, 0.25) is 0 Å². The van der Waals surface area contributed by atoms with Crippen LogP contribution in [0.2, 0.25) is 0 Å². The minimum Gasteiger partial charge on any atom is -0.506 e. The first-order valence-corrected chi connectivity index (χ1v) is 11.2. The summed E-state index contributed by atoms with van der Waals surface area (Å²) in [5.41, 5.74) is 0.877. The van der Waals surface area contributed by atoms with Crippen molar-refractivity contribution in [3.05, 3.63) is 59.2 Å². The Balaban J connectivity index is 2.22. The van der Waals surface area contributed by atoms with Gasteiger partial charge in [-0.15, -0.1) is 0 Å². The molecule has 8 heteroatoms. The molecule has 1 aliphatic rings. The molecule has 1 unspecified atom stereocenters. The average molecular weight is 469 g/mol. The summed E-state index contributed by atoms with van der Waals surface area (Å²) in [5, 5.41) is 11.4. The molecule has 182 valence electrons. The number of carbonyl (C=O) groups excluding carboxylic acids is 2. The first-order valence-electron chi connectivity index (χ1n) is 11.2. The van der Waals surface area contributed by atoms with Crippen LogP contribution >= 0.6 is 0 Å². The summed E-state index contributed by atoms with van der Waals surface area (Å²) < 4.78 is 16.6. The van der Waals surface area contributed by atoms with E-state index in [0.29, 0.717) is 42.5 Å². The second-order valence-corrected chi connectivity index (χ2v) is 8.25. The Morgan fingerprint density at radius 1 is 1.06 bits per heavy atom. The largest absolute Gasteiger partial charge is 0.506 e. The lowest BCUT2D eigenvalue weighted by atomic mass is 9.94. The zero-order valence-corrected chi connectivity index (χ0v) is 20.3. The van der Waals surface area contributed by atoms with Crippen LogP contribution in [0.15, 0.2) is 48.0 Å². The van der Waals surface area contributed by atoms with E-state index in [-0.39, 0.29) is 16.9 Å². The number of Topliss-reactive ketones (excluding diaryl/α,β-unsaturated/α-hetero) is 1. The molecule has 0 spiro atoms. The minimum atomic E-state index is -0.792. The number of likely N-dealkylation sites (tertiary alicyclic amines) is 1. The van der Waals surface area contributed by atoms with Gasteiger partial charge < -0.3 is 29.1 Å². The maximum absolute atomic E-state index is 13.3. The predicted molar refractivity (Wildman–Crippen MR) is 129 cm³/mol. The molecule has 1 atom stereocenters. The van der Waals surface area contributed by atoms with Crippen molar-refractivity contribution in [3.8, 4) is 17.2 Å². The Morgan fingerprint density at radius 2 is 1.71 bits per heavy atom. The van der Waals surface area contributed by atoms with Crippen LogP contribution < -0.4 is 14.2 Å². The maximum Gasteiger partial charge on any atom is 0.295 e. The van der Waals surface area contributed by atoms with Crippen LogP contribution in [0.4, 0.5) is 0 Å². The number of ether oxygens (including phenoxy) is 3. The quantitative estimate of drug-likeness (QED) is 0.324. The zero-order chi connectivity index (χ0) is 24.8. The third-order valence-electron chi connectivity index (χ3n) is 5.64. The highest BCUT2D eigenvalue weighted by Gasteiger charge is 2.46. The van der Waals surface area contributed by atoms with E-state index >= 15 is 0 Å². The minimum absolute atomic E-state index is 0.0146. The van der Waals surface area contributed by atoms with Gasteiger partial charge in [0.15, 0.2) is 0 Å². The van der Waals surface area contributed by atoms with Crippen molar-refractivity contribution in [2.75, 3.05) is 48.0 Å². The fourth-order valence-corrected chi connectivity index (χ4v) is 3.98. The first kappa shape index (κ1) is 25.1. The molecule has 1 N–H and O–H groups in total. The van der Waals surface area contributed by atoms with Crippen molar-refractivity contribution >= 4 is 17.4 Å². The Bertz CT molecular complexity index is 1060. The number of methoxy groups -OCH3 is 2. The number of likely N-dealkylation sites (N-methyl/N-ethyl adjacent to an activating group) is 1. The highest BCUT2D eigenvalue weighted by Crippen LogP contribution is 2.43. The number of rotatable bonds is 10. The number of aliphatic hydroxyl groups is 1. The lowest BCUT2D eigenvalue weighted by Crippen LogP contribution is -2.35. The molecule has 34 heavy (non-hydrogen) atoms. The molecule has 2 aromatic rings. The Hall–Kier alpha value is -3.52. The fourth-order valence-electron chi connectivity index (χ4n) is 3.98. The van der Waals surface area contributed by atoms with E-state index in [1.807, 2.05) is 50.2 Å². The zero-order valence-electron chi connectivity index (χ0n) is 20.3. The molecule has 1 aliphatic heterocycles. The van der Waals surface area contributed by atoms with Gasteiger partial charge in [-0.2, -0.15) is 0 Å². The smallest absolute Gasteiger partial charge is 0.295 e. The van der Waals surface area contributed by atoms with Gasteiger partial charge in [-0.05, 0) is 50.3 Å². The van der Waals surface area contributed by atoms with Crippen LogP contribution in [-0.4, -0.2) is 74.6 Å². The summed E-state index contributed by atoms with van der Waals surface area (Å²) >= 11 is 0. The lowest BCUT2D eigenvalue weighted by molar-refractivity contribution is -0.140. The van der Waals surface area contributed by atoms with Crippen molar-refractivity contribution in [1.82, 2.24) is 9.80 Å². The van der Waals surface area contributed by atoms with E-state index in [4.69, 9.17) is 14.2 Å². The van der Waals surface area contributed by atoms with Gasteiger partial charge in [-0.25, -0.2) is 0 Å². The third-order valence-corrected chi connectivity index (χ3v) is 5.64. The number of nitrogens with zero attached hydrogens (tertiary/aromatic N) is 2. The Morgan fingerprint density at radius 3 is 2.29 bits per heavy atom. The van der Waals surface area contributed by atoms with Crippen molar-refractivity contribution < 1.29 is 28.9 Å². The van der Waals surface area contributed by atoms with Crippen LogP contribution in [0.1, 0.15) is 30.5 Å². The molecule has 1 amide bonds. The molecular weight excluding hydrogens is 436 g/mol. The van der Waals surface area contributed by atoms with Crippen LogP contribution in [-0.2, 0) is 9.59 Å². The number of aliphatic hydroxyl groups excluding tert-OH is 1. The fraction of sp³-hybridized carbons (Fsp3) is 0.385. The number of amides is 1. The average Bonchev–Trinajstić information content (AvgIpc) is 3.10. The first-order chi connectivity index (χ1) is 16.3. The molecule has 0 aromatic heterocycles. The molecule has 2 aromatic carbocycles. The highest BCUT2D eigenvalue weighted by molar-refractivity contribution is 6.46. The van der Waals surface area contributed by atoms with Gasteiger partial charge in [-0.1, -0.05) is 25.1 Å². The summed E-state index contributed by atoms with van der Waals surface area (Å²) in [6.45, 7) is 3.42. The van der Waals surface area contributed by atoms with Gasteiger partial charge in [0.05, 0.1) is 32.4 Å². The Labute approximate surface area is 200 Å². The van der Waals surface area contributed by atoms with Crippen LogP contribution in [0.25, 0.3) is 5.76 Å². The monoisotopic (exact) mass is 468 g/mol. The van der Waals surface area contributed by atoms with E-state index in [1.165, 1.54) is 19.1 Å². The molecule has 8 nitrogen and oxygen atoms in total. The van der Waals surface area contributed by atoms with E-state index in [9.17, 15) is 14.7 Å². The second-order valence-electron chi connectivity index (χ2n) is 8.25. The predicted octanol–water partition coefficient (Wildman–Crippen LogP) is 3.48. The van der Waals surface area contributed by atoms with Gasteiger partial charge in [-0.3, -0.25) is 9.59 Å². The van der Waals surface area contributed by atoms with Crippen LogP contribution in [0, 0.1) is 0 Å². The second kappa shape index (κ2) is 11.1. The van der Waals surface area contributed by atoms with Gasteiger partial charge in [0.25, 0.3) is 11.7 Å². The van der Waals surface area contributed by atoms with Gasteiger partial charge in [0, 0.05) is 13.1 Å². The van der Waals surface area contributed by atoms with E-state index in [0.717, 1.165) is 6.42 Å². The number of benzene rings is 2. The van der Waals surface area contributed by atoms with Crippen molar-refractivity contribution in [2.45, 2.75) is 19.4 Å². The summed E-state index contributed by atoms with van der Waals surface area (Å²) in [6, 6.07) is 11.5. The van der Waals surface area contributed by atoms with E-state index < -0.39 is 17.7 Å². The van der Waals surface area contributed by atoms with Crippen molar-refractivity contribution in [3.63, 3.8) is 0 Å². The van der Waals surface area contributed by atoms with Gasteiger partial charge >= 0.3 is 0 Å². The van der Waals surface area contributed by atoms with Crippen LogP contribution in [0.5, 0.6) is 17.2 Å². The van der Waals surface area contributed by atoms with Crippen molar-refractivity contribution in [1.29, 1.82) is 0 Å². The molecule has 3 rings (SSSR count). The van der Waals surface area contributed by atoms with Crippen LogP contribution in [0.3, 0.4) is 0 Å². The maximum atomic E-state index is 13.3. The van der Waals surface area contributed by atoms with Gasteiger partial charge in [0.1, 0.15) is 28.6 Å². The standard InChI is InChI=1S/C26H32N2O6/c1-6-15-34-18-10-7-9-17(16-18)23-22(25(30)26(31)28(23)14-13-27(2)3)24(29)21-19(32-4)11-8-12-20(21)33-5/h7-12,16,23,29H,6,13-15H2,1-5H3/b24-22+. The van der Waals surface area contributed by atoms with Crippen molar-refractivity contribution in [2.24, 2.45) is 0 Å². The molecule has 0 bridgehead atoms. The number of hydrogen-bond donors (Lipinski definition) is 1.